The first kappa shape index (κ1) is 14.4. The van der Waals surface area contributed by atoms with E-state index in [-0.39, 0.29) is 23.5 Å². The average Bonchev–Trinajstić information content (AvgIpc) is 2.39. The van der Waals surface area contributed by atoms with Crippen LogP contribution in [-0.4, -0.2) is 37.4 Å². The van der Waals surface area contributed by atoms with Crippen LogP contribution < -0.4 is 11.1 Å². The summed E-state index contributed by atoms with van der Waals surface area (Å²) in [5.74, 6) is 0.146. The van der Waals surface area contributed by atoms with Crippen molar-refractivity contribution in [1.82, 2.24) is 5.32 Å². The minimum atomic E-state index is -2.97. The van der Waals surface area contributed by atoms with Crippen LogP contribution in [-0.2, 0) is 14.6 Å². The number of hydrogen-bond acceptors (Lipinski definition) is 4. The Morgan fingerprint density at radius 1 is 1.53 bits per heavy atom. The molecule has 1 rings (SSSR count). The lowest BCUT2D eigenvalue weighted by Crippen LogP contribution is -2.46. The Hall–Kier alpha value is -0.620. The van der Waals surface area contributed by atoms with Gasteiger partial charge in [-0.3, -0.25) is 4.79 Å². The predicted octanol–water partition coefficient (Wildman–Crippen LogP) is 0.197. The Kier molecular flexibility index (Phi) is 4.55. The van der Waals surface area contributed by atoms with Crippen molar-refractivity contribution in [3.63, 3.8) is 0 Å². The first-order valence-electron chi connectivity index (χ1n) is 5.99. The van der Waals surface area contributed by atoms with Gasteiger partial charge in [-0.25, -0.2) is 8.42 Å². The Balaban J connectivity index is 2.36. The monoisotopic (exact) mass is 262 g/mol. The Morgan fingerprint density at radius 2 is 2.18 bits per heavy atom. The molecule has 5 nitrogen and oxygen atoms in total. The fourth-order valence-electron chi connectivity index (χ4n) is 2.09. The molecule has 0 aliphatic carbocycles. The zero-order valence-electron chi connectivity index (χ0n) is 10.5. The molecule has 0 spiro atoms. The van der Waals surface area contributed by atoms with Gasteiger partial charge in [-0.15, -0.1) is 0 Å². The summed E-state index contributed by atoms with van der Waals surface area (Å²) in [7, 11) is -2.97. The van der Waals surface area contributed by atoms with Gasteiger partial charge in [0, 0.05) is 12.5 Å². The summed E-state index contributed by atoms with van der Waals surface area (Å²) in [5.41, 5.74) is 5.01. The van der Waals surface area contributed by atoms with Gasteiger partial charge < -0.3 is 11.1 Å². The first-order valence-corrected chi connectivity index (χ1v) is 7.82. The molecule has 0 aromatic heterocycles. The first-order chi connectivity index (χ1) is 7.72. The van der Waals surface area contributed by atoms with E-state index in [4.69, 9.17) is 5.73 Å². The zero-order valence-corrected chi connectivity index (χ0v) is 11.3. The highest BCUT2D eigenvalue weighted by atomic mass is 32.2. The number of rotatable bonds is 5. The summed E-state index contributed by atoms with van der Waals surface area (Å²) in [6.45, 7) is 3.70. The van der Waals surface area contributed by atoms with Gasteiger partial charge in [0.05, 0.1) is 17.0 Å². The van der Waals surface area contributed by atoms with Crippen LogP contribution in [0, 0.1) is 0 Å². The van der Waals surface area contributed by atoms with Crippen LogP contribution in [0.15, 0.2) is 0 Å². The summed E-state index contributed by atoms with van der Waals surface area (Å²) in [4.78, 5) is 11.7. The largest absolute Gasteiger partial charge is 0.350 e. The molecule has 1 amide bonds. The molecule has 100 valence electrons. The number of nitrogens with one attached hydrogen (secondary N) is 1. The van der Waals surface area contributed by atoms with Gasteiger partial charge in [0.15, 0.2) is 9.84 Å². The third-order valence-corrected chi connectivity index (χ3v) is 4.91. The molecule has 0 aromatic carbocycles. The smallest absolute Gasteiger partial charge is 0.220 e. The molecule has 0 saturated carbocycles. The fourth-order valence-corrected chi connectivity index (χ4v) is 4.19. The van der Waals surface area contributed by atoms with Crippen molar-refractivity contribution in [3.8, 4) is 0 Å². The second-order valence-corrected chi connectivity index (χ2v) is 7.50. The molecule has 2 unspecified atom stereocenters. The van der Waals surface area contributed by atoms with Gasteiger partial charge in [-0.2, -0.15) is 0 Å². The number of sulfone groups is 1. The van der Waals surface area contributed by atoms with Gasteiger partial charge in [0.1, 0.15) is 0 Å². The van der Waals surface area contributed by atoms with Gasteiger partial charge in [0.25, 0.3) is 0 Å². The minimum absolute atomic E-state index is 0.0546. The Bertz CT molecular complexity index is 378. The van der Waals surface area contributed by atoms with E-state index in [1.165, 1.54) is 0 Å². The summed E-state index contributed by atoms with van der Waals surface area (Å²) in [6, 6.07) is 0.102. The summed E-state index contributed by atoms with van der Waals surface area (Å²) in [6.07, 6.45) is 2.47. The third-order valence-electron chi connectivity index (χ3n) is 3.01. The number of amides is 1. The summed E-state index contributed by atoms with van der Waals surface area (Å²) in [5, 5.41) is 2.83. The van der Waals surface area contributed by atoms with Crippen LogP contribution >= 0.6 is 0 Å². The number of carbonyl (C=O) groups excluding carboxylic acids is 1. The third kappa shape index (κ3) is 5.04. The van der Waals surface area contributed by atoms with Crippen molar-refractivity contribution < 1.29 is 13.2 Å². The van der Waals surface area contributed by atoms with Crippen molar-refractivity contribution in [1.29, 1.82) is 0 Å². The minimum Gasteiger partial charge on any atom is -0.350 e. The summed E-state index contributed by atoms with van der Waals surface area (Å²) < 4.78 is 22.7. The van der Waals surface area contributed by atoms with Gasteiger partial charge in [-0.05, 0) is 33.1 Å². The van der Waals surface area contributed by atoms with Crippen LogP contribution in [0.5, 0.6) is 0 Å². The van der Waals surface area contributed by atoms with Crippen molar-refractivity contribution in [2.24, 2.45) is 5.73 Å². The van der Waals surface area contributed by atoms with Gasteiger partial charge >= 0.3 is 0 Å². The average molecular weight is 262 g/mol. The second kappa shape index (κ2) is 5.35. The molecular formula is C11H22N2O3S. The van der Waals surface area contributed by atoms with E-state index in [0.29, 0.717) is 12.8 Å². The van der Waals surface area contributed by atoms with Crippen LogP contribution in [0.1, 0.15) is 39.5 Å². The molecule has 3 N–H and O–H groups in total. The van der Waals surface area contributed by atoms with E-state index >= 15 is 0 Å². The van der Waals surface area contributed by atoms with Gasteiger partial charge in [-0.1, -0.05) is 0 Å². The van der Waals surface area contributed by atoms with E-state index in [9.17, 15) is 13.2 Å². The molecule has 2 atom stereocenters. The zero-order chi connectivity index (χ0) is 13.1. The van der Waals surface area contributed by atoms with E-state index in [0.717, 1.165) is 12.8 Å². The molecule has 0 aromatic rings. The number of hydrogen-bond donors (Lipinski definition) is 2. The quantitative estimate of drug-likeness (QED) is 0.740. The van der Waals surface area contributed by atoms with Crippen molar-refractivity contribution >= 4 is 15.7 Å². The molecule has 0 radical (unpaired) electrons. The Labute approximate surface area is 103 Å². The molecule has 1 saturated heterocycles. The maximum absolute atomic E-state index is 11.7. The lowest BCUT2D eigenvalue weighted by molar-refractivity contribution is -0.122. The number of carbonyl (C=O) groups is 1. The molecule has 6 heteroatoms. The van der Waals surface area contributed by atoms with E-state index < -0.39 is 15.4 Å². The van der Waals surface area contributed by atoms with Crippen molar-refractivity contribution in [2.45, 2.75) is 51.1 Å². The van der Waals surface area contributed by atoms with Crippen LogP contribution in [0.25, 0.3) is 0 Å². The standard InChI is InChI=1S/C11H22N2O3S/c1-9(12)4-3-5-10(14)13-11(2)6-7-17(15,16)8-11/h9H,3-8,12H2,1-2H3,(H,13,14). The van der Waals surface area contributed by atoms with E-state index in [2.05, 4.69) is 5.32 Å². The fraction of sp³-hybridized carbons (Fsp3) is 0.909. The molecule has 1 heterocycles. The Morgan fingerprint density at radius 3 is 2.65 bits per heavy atom. The van der Waals surface area contributed by atoms with Crippen LogP contribution in [0.3, 0.4) is 0 Å². The van der Waals surface area contributed by atoms with Crippen molar-refractivity contribution in [2.75, 3.05) is 11.5 Å². The maximum Gasteiger partial charge on any atom is 0.220 e. The molecule has 0 bridgehead atoms. The lowest BCUT2D eigenvalue weighted by atomic mass is 10.0. The maximum atomic E-state index is 11.7. The van der Waals surface area contributed by atoms with Gasteiger partial charge in [0.2, 0.25) is 5.91 Å². The molecule has 1 fully saturated rings. The van der Waals surface area contributed by atoms with Crippen LogP contribution in [0.4, 0.5) is 0 Å². The normalized spacial score (nSPS) is 28.9. The second-order valence-electron chi connectivity index (χ2n) is 5.32. The topological polar surface area (TPSA) is 89.3 Å². The van der Waals surface area contributed by atoms with E-state index in [1.54, 1.807) is 6.92 Å². The molecule has 17 heavy (non-hydrogen) atoms. The highest BCUT2D eigenvalue weighted by Gasteiger charge is 2.39. The highest BCUT2D eigenvalue weighted by molar-refractivity contribution is 7.91. The molecule has 1 aliphatic rings. The highest BCUT2D eigenvalue weighted by Crippen LogP contribution is 2.22. The molecule has 1 aliphatic heterocycles. The van der Waals surface area contributed by atoms with Crippen LogP contribution in [0.2, 0.25) is 0 Å². The molecular weight excluding hydrogens is 240 g/mol. The lowest BCUT2D eigenvalue weighted by Gasteiger charge is -2.23. The SMILES string of the molecule is CC(N)CCCC(=O)NC1(C)CCS(=O)(=O)C1. The van der Waals surface area contributed by atoms with Crippen molar-refractivity contribution in [3.05, 3.63) is 0 Å². The number of nitrogens with two attached hydrogens (primary N) is 1. The van der Waals surface area contributed by atoms with E-state index in [1.807, 2.05) is 6.92 Å². The predicted molar refractivity (Wildman–Crippen MR) is 67.3 cm³/mol. The summed E-state index contributed by atoms with van der Waals surface area (Å²) >= 11 is 0.